The smallest absolute Gasteiger partial charge is 0.337 e. The van der Waals surface area contributed by atoms with Crippen LogP contribution in [0.4, 0.5) is 11.4 Å². The predicted molar refractivity (Wildman–Crippen MR) is 74.9 cm³/mol. The molecule has 0 radical (unpaired) electrons. The molecule has 1 aromatic carbocycles. The van der Waals surface area contributed by atoms with E-state index in [0.717, 1.165) is 6.54 Å². The molecule has 0 aromatic heterocycles. The summed E-state index contributed by atoms with van der Waals surface area (Å²) in [6.45, 7) is 9.34. The maximum absolute atomic E-state index is 11.1. The highest BCUT2D eigenvalue weighted by Gasteiger charge is 2.22. The second-order valence-corrected chi connectivity index (χ2v) is 5.61. The zero-order valence-electron chi connectivity index (χ0n) is 11.4. The third-order valence-corrected chi connectivity index (χ3v) is 3.57. The highest BCUT2D eigenvalue weighted by Crippen LogP contribution is 2.27. The Morgan fingerprint density at radius 2 is 2.06 bits per heavy atom. The van der Waals surface area contributed by atoms with Crippen molar-refractivity contribution < 1.29 is 9.90 Å². The van der Waals surface area contributed by atoms with E-state index in [1.165, 1.54) is 6.07 Å². The summed E-state index contributed by atoms with van der Waals surface area (Å²) in [6.07, 6.45) is 0. The van der Waals surface area contributed by atoms with E-state index in [-0.39, 0.29) is 11.0 Å². The monoisotopic (exact) mass is 250 g/mol. The van der Waals surface area contributed by atoms with Gasteiger partial charge in [-0.2, -0.15) is 0 Å². The van der Waals surface area contributed by atoms with Crippen LogP contribution in [-0.2, 0) is 0 Å². The average Bonchev–Trinajstić information content (AvgIpc) is 2.27. The lowest BCUT2D eigenvalue weighted by Crippen LogP contribution is -2.29. The molecule has 0 aliphatic carbocycles. The maximum Gasteiger partial charge on any atom is 0.337 e. The van der Waals surface area contributed by atoms with Crippen molar-refractivity contribution in [2.45, 2.75) is 27.7 Å². The van der Waals surface area contributed by atoms with Crippen LogP contribution in [0.15, 0.2) is 18.2 Å². The molecular weight excluding hydrogens is 228 g/mol. The largest absolute Gasteiger partial charge is 0.478 e. The zero-order chi connectivity index (χ0) is 13.9. The van der Waals surface area contributed by atoms with E-state index in [1.807, 2.05) is 0 Å². The van der Waals surface area contributed by atoms with Crippen LogP contribution in [0.3, 0.4) is 0 Å². The van der Waals surface area contributed by atoms with Gasteiger partial charge in [0, 0.05) is 17.9 Å². The van der Waals surface area contributed by atoms with Gasteiger partial charge < -0.3 is 16.2 Å². The normalized spacial score (nSPS) is 11.6. The number of benzene rings is 1. The molecule has 1 aromatic rings. The van der Waals surface area contributed by atoms with E-state index in [2.05, 4.69) is 33.0 Å². The summed E-state index contributed by atoms with van der Waals surface area (Å²) in [5.41, 5.74) is 6.99. The molecule has 100 valence electrons. The quantitative estimate of drug-likeness (QED) is 0.702. The Labute approximate surface area is 108 Å². The molecule has 0 saturated carbocycles. The number of hydrogen-bond donors (Lipinski definition) is 3. The van der Waals surface area contributed by atoms with Crippen LogP contribution >= 0.6 is 0 Å². The lowest BCUT2D eigenvalue weighted by molar-refractivity contribution is 0.0698. The predicted octanol–water partition coefficient (Wildman–Crippen LogP) is 3.06. The molecule has 0 atom stereocenters. The van der Waals surface area contributed by atoms with Gasteiger partial charge in [-0.3, -0.25) is 0 Å². The van der Waals surface area contributed by atoms with Crippen LogP contribution in [0, 0.1) is 11.3 Å². The molecule has 0 saturated heterocycles. The second kappa shape index (κ2) is 5.29. The lowest BCUT2D eigenvalue weighted by Gasteiger charge is -2.30. The van der Waals surface area contributed by atoms with Gasteiger partial charge in [-0.15, -0.1) is 0 Å². The Balaban J connectivity index is 2.89. The SMILES string of the molecule is CC(C)C(C)(C)CNc1ccc(N)cc1C(=O)O. The molecule has 0 bridgehead atoms. The van der Waals surface area contributed by atoms with Crippen molar-refractivity contribution in [3.05, 3.63) is 23.8 Å². The van der Waals surface area contributed by atoms with Gasteiger partial charge >= 0.3 is 5.97 Å². The molecule has 0 aliphatic heterocycles. The first-order valence-corrected chi connectivity index (χ1v) is 6.10. The number of hydrogen-bond acceptors (Lipinski definition) is 3. The lowest BCUT2D eigenvalue weighted by atomic mass is 9.81. The number of anilines is 2. The van der Waals surface area contributed by atoms with Gasteiger partial charge in [0.2, 0.25) is 0 Å². The molecule has 4 heteroatoms. The Kier molecular flexibility index (Phi) is 4.22. The van der Waals surface area contributed by atoms with Gasteiger partial charge in [0.05, 0.1) is 5.56 Å². The second-order valence-electron chi connectivity index (χ2n) is 5.61. The Bertz CT molecular complexity index is 439. The van der Waals surface area contributed by atoms with Crippen molar-refractivity contribution >= 4 is 17.3 Å². The average molecular weight is 250 g/mol. The summed E-state index contributed by atoms with van der Waals surface area (Å²) < 4.78 is 0. The summed E-state index contributed by atoms with van der Waals surface area (Å²) in [6, 6.07) is 4.90. The summed E-state index contributed by atoms with van der Waals surface area (Å²) in [5.74, 6) is -0.459. The van der Waals surface area contributed by atoms with Crippen molar-refractivity contribution in [3.8, 4) is 0 Å². The van der Waals surface area contributed by atoms with Crippen molar-refractivity contribution in [1.29, 1.82) is 0 Å². The van der Waals surface area contributed by atoms with E-state index in [4.69, 9.17) is 10.8 Å². The first-order valence-electron chi connectivity index (χ1n) is 6.10. The third kappa shape index (κ3) is 3.39. The van der Waals surface area contributed by atoms with Crippen LogP contribution in [0.25, 0.3) is 0 Å². The maximum atomic E-state index is 11.1. The van der Waals surface area contributed by atoms with E-state index >= 15 is 0 Å². The number of aromatic carboxylic acids is 1. The van der Waals surface area contributed by atoms with Crippen molar-refractivity contribution in [2.75, 3.05) is 17.6 Å². The highest BCUT2D eigenvalue weighted by molar-refractivity contribution is 5.95. The first-order chi connectivity index (χ1) is 8.24. The van der Waals surface area contributed by atoms with Crippen LogP contribution in [0.2, 0.25) is 0 Å². The summed E-state index contributed by atoms with van der Waals surface area (Å²) in [5, 5.41) is 12.3. The number of carbonyl (C=O) groups is 1. The Hall–Kier alpha value is -1.71. The highest BCUT2D eigenvalue weighted by atomic mass is 16.4. The van der Waals surface area contributed by atoms with Gasteiger partial charge in [-0.1, -0.05) is 27.7 Å². The summed E-state index contributed by atoms with van der Waals surface area (Å²) in [4.78, 5) is 11.1. The Morgan fingerprint density at radius 3 is 2.56 bits per heavy atom. The number of carboxylic acids is 1. The minimum Gasteiger partial charge on any atom is -0.478 e. The van der Waals surface area contributed by atoms with E-state index in [1.54, 1.807) is 12.1 Å². The van der Waals surface area contributed by atoms with E-state index in [9.17, 15) is 4.79 Å². The number of nitrogens with two attached hydrogens (primary N) is 1. The fourth-order valence-electron chi connectivity index (χ4n) is 1.42. The topological polar surface area (TPSA) is 75.3 Å². The van der Waals surface area contributed by atoms with Gasteiger partial charge in [0.1, 0.15) is 0 Å². The van der Waals surface area contributed by atoms with Crippen LogP contribution in [0.1, 0.15) is 38.1 Å². The fourth-order valence-corrected chi connectivity index (χ4v) is 1.42. The standard InChI is InChI=1S/C14H22N2O2/c1-9(2)14(3,4)8-16-12-6-5-10(15)7-11(12)13(17)18/h5-7,9,16H,8,15H2,1-4H3,(H,17,18). The molecule has 18 heavy (non-hydrogen) atoms. The number of rotatable bonds is 5. The van der Waals surface area contributed by atoms with Crippen molar-refractivity contribution in [3.63, 3.8) is 0 Å². The van der Waals surface area contributed by atoms with Crippen LogP contribution < -0.4 is 11.1 Å². The summed E-state index contributed by atoms with van der Waals surface area (Å²) >= 11 is 0. The Morgan fingerprint density at radius 1 is 1.44 bits per heavy atom. The molecular formula is C14H22N2O2. The van der Waals surface area contributed by atoms with E-state index < -0.39 is 5.97 Å². The summed E-state index contributed by atoms with van der Waals surface area (Å²) in [7, 11) is 0. The number of nitrogens with one attached hydrogen (secondary N) is 1. The van der Waals surface area contributed by atoms with Gasteiger partial charge in [-0.05, 0) is 29.5 Å². The minimum atomic E-state index is -0.966. The fraction of sp³-hybridized carbons (Fsp3) is 0.500. The molecule has 0 heterocycles. The number of carboxylic acid groups (broad SMARTS) is 1. The third-order valence-electron chi connectivity index (χ3n) is 3.57. The molecule has 0 unspecified atom stereocenters. The van der Waals surface area contributed by atoms with Gasteiger partial charge in [-0.25, -0.2) is 4.79 Å². The zero-order valence-corrected chi connectivity index (χ0v) is 11.4. The van der Waals surface area contributed by atoms with Gasteiger partial charge in [0.25, 0.3) is 0 Å². The van der Waals surface area contributed by atoms with Crippen molar-refractivity contribution in [1.82, 2.24) is 0 Å². The molecule has 4 N–H and O–H groups in total. The number of nitrogen functional groups attached to an aromatic ring is 1. The first kappa shape index (κ1) is 14.4. The molecule has 0 aliphatic rings. The molecule has 4 nitrogen and oxygen atoms in total. The molecule has 0 fully saturated rings. The van der Waals surface area contributed by atoms with Crippen LogP contribution in [0.5, 0.6) is 0 Å². The minimum absolute atomic E-state index is 0.0944. The van der Waals surface area contributed by atoms with Gasteiger partial charge in [0.15, 0.2) is 0 Å². The van der Waals surface area contributed by atoms with Crippen molar-refractivity contribution in [2.24, 2.45) is 11.3 Å². The molecule has 0 spiro atoms. The van der Waals surface area contributed by atoms with E-state index in [0.29, 0.717) is 17.3 Å². The molecule has 1 rings (SSSR count). The molecule has 0 amide bonds. The van der Waals surface area contributed by atoms with Crippen LogP contribution in [-0.4, -0.2) is 17.6 Å².